The van der Waals surface area contributed by atoms with Crippen molar-refractivity contribution in [3.8, 4) is 11.3 Å². The Labute approximate surface area is 152 Å². The van der Waals surface area contributed by atoms with Gasteiger partial charge in [-0.2, -0.15) is 13.2 Å². The molecule has 0 aliphatic rings. The monoisotopic (exact) mass is 376 g/mol. The number of carbonyl (C=O) groups is 1. The Morgan fingerprint density at radius 3 is 2.33 bits per heavy atom. The summed E-state index contributed by atoms with van der Waals surface area (Å²) in [4.78, 5) is 19.4. The number of nitrogens with two attached hydrogens (primary N) is 1. The lowest BCUT2D eigenvalue weighted by atomic mass is 10.1. The van der Waals surface area contributed by atoms with Gasteiger partial charge in [-0.05, 0) is 37.1 Å². The molecule has 0 fully saturated rings. The number of pyridine rings is 1. The van der Waals surface area contributed by atoms with E-state index in [9.17, 15) is 18.0 Å². The number of benzene rings is 1. The smallest absolute Gasteiger partial charge is 0.416 e. The number of alkyl halides is 3. The highest BCUT2D eigenvalue weighted by Gasteiger charge is 2.30. The second kappa shape index (κ2) is 6.75. The van der Waals surface area contributed by atoms with E-state index in [1.807, 2.05) is 0 Å². The van der Waals surface area contributed by atoms with Crippen LogP contribution in [-0.4, -0.2) is 15.9 Å². The van der Waals surface area contributed by atoms with Gasteiger partial charge in [0.25, 0.3) is 11.9 Å². The third-order valence-corrected chi connectivity index (χ3v) is 4.12. The summed E-state index contributed by atoms with van der Waals surface area (Å²) in [6.07, 6.45) is -1.56. The molecule has 0 saturated carbocycles. The fourth-order valence-electron chi connectivity index (χ4n) is 2.48. The third kappa shape index (κ3) is 3.76. The lowest BCUT2D eigenvalue weighted by molar-refractivity contribution is -0.137. The van der Waals surface area contributed by atoms with Crippen molar-refractivity contribution in [1.29, 1.82) is 0 Å². The average molecular weight is 376 g/mol. The molecule has 0 bridgehead atoms. The summed E-state index contributed by atoms with van der Waals surface area (Å²) < 4.78 is 43.5. The fraction of sp³-hybridized carbons (Fsp3) is 0.167. The zero-order valence-electron chi connectivity index (χ0n) is 14.4. The van der Waals surface area contributed by atoms with E-state index in [-0.39, 0.29) is 11.7 Å². The normalized spacial score (nSPS) is 11.4. The summed E-state index contributed by atoms with van der Waals surface area (Å²) in [6, 6.07) is 4.72. The number of aromatic nitrogens is 2. The molecular formula is C18H15F3N4O2. The van der Waals surface area contributed by atoms with Gasteiger partial charge < -0.3 is 15.5 Å². The van der Waals surface area contributed by atoms with Gasteiger partial charge in [-0.1, -0.05) is 12.1 Å². The third-order valence-electron chi connectivity index (χ3n) is 4.12. The number of oxazole rings is 1. The van der Waals surface area contributed by atoms with E-state index in [0.717, 1.165) is 17.7 Å². The van der Waals surface area contributed by atoms with Crippen molar-refractivity contribution in [2.45, 2.75) is 20.0 Å². The first-order chi connectivity index (χ1) is 12.7. The van der Waals surface area contributed by atoms with Gasteiger partial charge in [-0.15, -0.1) is 0 Å². The van der Waals surface area contributed by atoms with Gasteiger partial charge in [0.1, 0.15) is 5.69 Å². The zero-order valence-corrected chi connectivity index (χ0v) is 14.4. The van der Waals surface area contributed by atoms with E-state index in [4.69, 9.17) is 10.2 Å². The molecule has 0 atom stereocenters. The molecule has 0 aliphatic carbocycles. The van der Waals surface area contributed by atoms with E-state index in [1.165, 1.54) is 24.5 Å². The minimum Gasteiger partial charge on any atom is -0.423 e. The molecule has 0 spiro atoms. The Morgan fingerprint density at radius 1 is 1.07 bits per heavy atom. The minimum absolute atomic E-state index is 0.140. The average Bonchev–Trinajstić information content (AvgIpc) is 3.07. The number of hydrogen-bond donors (Lipinski definition) is 2. The quantitative estimate of drug-likeness (QED) is 0.711. The van der Waals surface area contributed by atoms with Gasteiger partial charge in [-0.3, -0.25) is 4.79 Å². The first kappa shape index (κ1) is 18.4. The number of hydrogen-bond acceptors (Lipinski definition) is 5. The molecule has 140 valence electrons. The van der Waals surface area contributed by atoms with Gasteiger partial charge >= 0.3 is 6.18 Å². The molecule has 2 heterocycles. The molecule has 27 heavy (non-hydrogen) atoms. The molecule has 9 heteroatoms. The molecule has 3 N–H and O–H groups in total. The molecular weight excluding hydrogens is 361 g/mol. The van der Waals surface area contributed by atoms with Crippen LogP contribution in [0.15, 0.2) is 41.1 Å². The van der Waals surface area contributed by atoms with Crippen LogP contribution in [0.1, 0.15) is 27.2 Å². The largest absolute Gasteiger partial charge is 0.423 e. The number of carbonyl (C=O) groups excluding carboxylic acids is 1. The number of anilines is 2. The van der Waals surface area contributed by atoms with Crippen LogP contribution in [0, 0.1) is 13.8 Å². The van der Waals surface area contributed by atoms with Crippen LogP contribution in [0.5, 0.6) is 0 Å². The van der Waals surface area contributed by atoms with Crippen LogP contribution in [0.2, 0.25) is 0 Å². The maximum atomic E-state index is 12.6. The maximum absolute atomic E-state index is 12.6. The maximum Gasteiger partial charge on any atom is 0.416 e. The predicted octanol–water partition coefficient (Wildman–Crippen LogP) is 4.21. The van der Waals surface area contributed by atoms with Crippen molar-refractivity contribution in [3.63, 3.8) is 0 Å². The standard InChI is InChI=1S/C18H15F3N4O2/c1-9-10(2)15(16(22)26)23-7-13(9)25-17-24-8-14(27-17)11-3-5-12(6-4-11)18(19,20)21/h3-8H,1-2H3,(H2,22,26)(H,24,25). The Hall–Kier alpha value is -3.36. The van der Waals surface area contributed by atoms with Crippen molar-refractivity contribution < 1.29 is 22.4 Å². The summed E-state index contributed by atoms with van der Waals surface area (Å²) >= 11 is 0. The van der Waals surface area contributed by atoms with E-state index in [0.29, 0.717) is 22.6 Å². The summed E-state index contributed by atoms with van der Waals surface area (Å²) in [6.45, 7) is 3.50. The molecule has 0 saturated heterocycles. The van der Waals surface area contributed by atoms with Gasteiger partial charge in [0, 0.05) is 5.56 Å². The van der Waals surface area contributed by atoms with Crippen LogP contribution in [0.3, 0.4) is 0 Å². The number of amides is 1. The first-order valence-electron chi connectivity index (χ1n) is 7.83. The van der Waals surface area contributed by atoms with Gasteiger partial charge in [-0.25, -0.2) is 9.97 Å². The molecule has 1 aromatic carbocycles. The number of nitrogens with one attached hydrogen (secondary N) is 1. The topological polar surface area (TPSA) is 94.0 Å². The predicted molar refractivity (Wildman–Crippen MR) is 92.5 cm³/mol. The lowest BCUT2D eigenvalue weighted by Crippen LogP contribution is -2.16. The summed E-state index contributed by atoms with van der Waals surface area (Å²) in [7, 11) is 0. The van der Waals surface area contributed by atoms with Crippen molar-refractivity contribution in [2.24, 2.45) is 5.73 Å². The molecule has 2 aromatic heterocycles. The fourth-order valence-corrected chi connectivity index (χ4v) is 2.48. The number of halogens is 3. The SMILES string of the molecule is Cc1c(Nc2ncc(-c3ccc(C(F)(F)F)cc3)o2)cnc(C(N)=O)c1C. The van der Waals surface area contributed by atoms with E-state index >= 15 is 0 Å². The first-order valence-corrected chi connectivity index (χ1v) is 7.83. The molecule has 6 nitrogen and oxygen atoms in total. The number of primary amides is 1. The van der Waals surface area contributed by atoms with Crippen molar-refractivity contribution in [3.05, 3.63) is 59.0 Å². The van der Waals surface area contributed by atoms with Crippen LogP contribution in [0.4, 0.5) is 24.9 Å². The Kier molecular flexibility index (Phi) is 4.61. The van der Waals surface area contributed by atoms with Crippen LogP contribution in [-0.2, 0) is 6.18 Å². The van der Waals surface area contributed by atoms with Gasteiger partial charge in [0.15, 0.2) is 5.76 Å². The minimum atomic E-state index is -4.40. The van der Waals surface area contributed by atoms with E-state index in [1.54, 1.807) is 13.8 Å². The number of rotatable bonds is 4. The van der Waals surface area contributed by atoms with E-state index < -0.39 is 17.6 Å². The van der Waals surface area contributed by atoms with Crippen molar-refractivity contribution in [1.82, 2.24) is 9.97 Å². The molecule has 0 aliphatic heterocycles. The summed E-state index contributed by atoms with van der Waals surface area (Å²) in [5.74, 6) is -0.315. The van der Waals surface area contributed by atoms with E-state index in [2.05, 4.69) is 15.3 Å². The molecule has 3 aromatic rings. The molecule has 3 rings (SSSR count). The van der Waals surface area contributed by atoms with Crippen LogP contribution >= 0.6 is 0 Å². The second-order valence-corrected chi connectivity index (χ2v) is 5.86. The highest BCUT2D eigenvalue weighted by Crippen LogP contribution is 2.32. The highest BCUT2D eigenvalue weighted by molar-refractivity contribution is 5.93. The Bertz CT molecular complexity index is 995. The molecule has 1 amide bonds. The summed E-state index contributed by atoms with van der Waals surface area (Å²) in [5, 5.41) is 2.93. The molecule has 0 unspecified atom stereocenters. The van der Waals surface area contributed by atoms with Gasteiger partial charge in [0.05, 0.1) is 23.6 Å². The Balaban J connectivity index is 1.83. The Morgan fingerprint density at radius 2 is 1.74 bits per heavy atom. The van der Waals surface area contributed by atoms with Crippen molar-refractivity contribution in [2.75, 3.05) is 5.32 Å². The zero-order chi connectivity index (χ0) is 19.8. The molecule has 0 radical (unpaired) electrons. The number of nitrogens with zero attached hydrogens (tertiary/aromatic N) is 2. The van der Waals surface area contributed by atoms with Crippen molar-refractivity contribution >= 4 is 17.6 Å². The summed E-state index contributed by atoms with van der Waals surface area (Å²) in [5.41, 5.74) is 7.10. The van der Waals surface area contributed by atoms with Gasteiger partial charge in [0.2, 0.25) is 0 Å². The van der Waals surface area contributed by atoms with Crippen LogP contribution < -0.4 is 11.1 Å². The highest BCUT2D eigenvalue weighted by atomic mass is 19.4. The lowest BCUT2D eigenvalue weighted by Gasteiger charge is -2.10. The van der Waals surface area contributed by atoms with Crippen LogP contribution in [0.25, 0.3) is 11.3 Å². The second-order valence-electron chi connectivity index (χ2n) is 5.86.